The van der Waals surface area contributed by atoms with E-state index in [1.807, 2.05) is 48.7 Å². The lowest BCUT2D eigenvalue weighted by Gasteiger charge is -2.15. The van der Waals surface area contributed by atoms with Gasteiger partial charge in [-0.3, -0.25) is 9.36 Å². The van der Waals surface area contributed by atoms with E-state index in [1.54, 1.807) is 11.3 Å². The average molecular weight is 463 g/mol. The first-order valence-electron chi connectivity index (χ1n) is 9.86. The summed E-state index contributed by atoms with van der Waals surface area (Å²) >= 11 is 8.97. The molecule has 0 aliphatic carbocycles. The Morgan fingerprint density at radius 1 is 1.37 bits per heavy atom. The summed E-state index contributed by atoms with van der Waals surface area (Å²) in [5, 5.41) is 15.2. The zero-order chi connectivity index (χ0) is 20.9. The van der Waals surface area contributed by atoms with Crippen LogP contribution in [0.5, 0.6) is 0 Å². The van der Waals surface area contributed by atoms with Crippen LogP contribution in [0.15, 0.2) is 46.9 Å². The number of thiophene rings is 1. The summed E-state index contributed by atoms with van der Waals surface area (Å²) in [6.07, 6.45) is 2.28. The van der Waals surface area contributed by atoms with Crippen LogP contribution >= 0.6 is 34.7 Å². The number of nitrogens with one attached hydrogen (secondary N) is 1. The fourth-order valence-electron chi connectivity index (χ4n) is 3.39. The number of hydrogen-bond acceptors (Lipinski definition) is 6. The molecule has 1 amide bonds. The van der Waals surface area contributed by atoms with Gasteiger partial charge in [-0.05, 0) is 48.9 Å². The highest BCUT2D eigenvalue weighted by Gasteiger charge is 2.22. The Labute approximate surface area is 189 Å². The van der Waals surface area contributed by atoms with Crippen LogP contribution in [-0.2, 0) is 16.1 Å². The summed E-state index contributed by atoms with van der Waals surface area (Å²) < 4.78 is 7.90. The van der Waals surface area contributed by atoms with Crippen molar-refractivity contribution in [1.82, 2.24) is 20.1 Å². The minimum absolute atomic E-state index is 0.0493. The molecule has 2 atom stereocenters. The van der Waals surface area contributed by atoms with Crippen molar-refractivity contribution >= 4 is 40.6 Å². The van der Waals surface area contributed by atoms with Crippen LogP contribution in [0.2, 0.25) is 5.02 Å². The third-order valence-corrected chi connectivity index (χ3v) is 7.03. The highest BCUT2D eigenvalue weighted by molar-refractivity contribution is 7.99. The first-order chi connectivity index (χ1) is 14.6. The first kappa shape index (κ1) is 21.4. The number of amides is 1. The number of benzene rings is 1. The lowest BCUT2D eigenvalue weighted by molar-refractivity contribution is -0.119. The third-order valence-electron chi connectivity index (χ3n) is 4.95. The molecule has 9 heteroatoms. The minimum Gasteiger partial charge on any atom is -0.376 e. The first-order valence-corrected chi connectivity index (χ1v) is 12.1. The molecule has 0 bridgehead atoms. The van der Waals surface area contributed by atoms with E-state index in [9.17, 15) is 4.79 Å². The van der Waals surface area contributed by atoms with Crippen LogP contribution in [0.3, 0.4) is 0 Å². The Balaban J connectivity index is 1.42. The molecule has 3 heterocycles. The van der Waals surface area contributed by atoms with Gasteiger partial charge < -0.3 is 10.1 Å². The van der Waals surface area contributed by atoms with Gasteiger partial charge in [0.05, 0.1) is 29.3 Å². The average Bonchev–Trinajstić information content (AvgIpc) is 3.50. The smallest absolute Gasteiger partial charge is 0.230 e. The summed E-state index contributed by atoms with van der Waals surface area (Å²) in [7, 11) is 0. The van der Waals surface area contributed by atoms with Gasteiger partial charge in [-0.15, -0.1) is 21.5 Å². The molecule has 1 saturated heterocycles. The van der Waals surface area contributed by atoms with Gasteiger partial charge in [-0.25, -0.2) is 0 Å². The second kappa shape index (κ2) is 9.96. The fourth-order valence-corrected chi connectivity index (χ4v) is 4.99. The maximum atomic E-state index is 12.5. The monoisotopic (exact) mass is 462 g/mol. The molecule has 1 aliphatic rings. The summed E-state index contributed by atoms with van der Waals surface area (Å²) in [5.74, 6) is 1.05. The van der Waals surface area contributed by atoms with Crippen molar-refractivity contribution in [2.75, 3.05) is 12.4 Å². The summed E-state index contributed by atoms with van der Waals surface area (Å²) in [6, 6.07) is 11.4. The van der Waals surface area contributed by atoms with E-state index in [0.29, 0.717) is 11.6 Å². The van der Waals surface area contributed by atoms with Gasteiger partial charge in [0, 0.05) is 11.6 Å². The van der Waals surface area contributed by atoms with Gasteiger partial charge in [0.15, 0.2) is 11.0 Å². The summed E-state index contributed by atoms with van der Waals surface area (Å²) in [4.78, 5) is 13.6. The van der Waals surface area contributed by atoms with E-state index in [-0.39, 0.29) is 23.8 Å². The Bertz CT molecular complexity index is 970. The summed E-state index contributed by atoms with van der Waals surface area (Å²) in [5.41, 5.74) is 1.01. The molecule has 1 aromatic carbocycles. The molecule has 30 heavy (non-hydrogen) atoms. The summed E-state index contributed by atoms with van der Waals surface area (Å²) in [6.45, 7) is 3.46. The van der Waals surface area contributed by atoms with Gasteiger partial charge >= 0.3 is 0 Å². The van der Waals surface area contributed by atoms with E-state index in [4.69, 9.17) is 16.3 Å². The largest absolute Gasteiger partial charge is 0.376 e. The number of rotatable bonds is 8. The maximum absolute atomic E-state index is 12.5. The van der Waals surface area contributed by atoms with Gasteiger partial charge in [-0.1, -0.05) is 41.6 Å². The second-order valence-corrected chi connectivity index (χ2v) is 9.49. The number of aromatic nitrogens is 3. The van der Waals surface area contributed by atoms with E-state index in [1.165, 1.54) is 11.8 Å². The van der Waals surface area contributed by atoms with E-state index < -0.39 is 0 Å². The van der Waals surface area contributed by atoms with E-state index >= 15 is 0 Å². The van der Waals surface area contributed by atoms with Crippen LogP contribution < -0.4 is 5.32 Å². The lowest BCUT2D eigenvalue weighted by Crippen LogP contribution is -2.28. The Hall–Kier alpha value is -1.87. The molecule has 2 unspecified atom stereocenters. The number of thioether (sulfide) groups is 1. The van der Waals surface area contributed by atoms with Crippen molar-refractivity contribution in [3.8, 4) is 10.7 Å². The zero-order valence-electron chi connectivity index (χ0n) is 16.6. The standard InChI is InChI=1S/C21H23ClN4O2S2/c1-14(15-6-8-16(22)9-7-15)23-19(27)13-30-21-25-24-20(18-5-3-11-29-18)26(21)12-17-4-2-10-28-17/h3,5-9,11,14,17H,2,4,10,12-13H2,1H3,(H,23,27). The molecule has 6 nitrogen and oxygen atoms in total. The van der Waals surface area contributed by atoms with Crippen LogP contribution in [-0.4, -0.2) is 39.1 Å². The van der Waals surface area contributed by atoms with Crippen LogP contribution in [0, 0.1) is 0 Å². The van der Waals surface area contributed by atoms with E-state index in [2.05, 4.69) is 20.1 Å². The number of carbonyl (C=O) groups excluding carboxylic acids is 1. The van der Waals surface area contributed by atoms with E-state index in [0.717, 1.165) is 40.9 Å². The van der Waals surface area contributed by atoms with Crippen molar-refractivity contribution in [3.05, 3.63) is 52.4 Å². The number of halogens is 1. The topological polar surface area (TPSA) is 69.0 Å². The molecule has 1 fully saturated rings. The Morgan fingerprint density at radius 3 is 2.90 bits per heavy atom. The molecule has 1 aliphatic heterocycles. The van der Waals surface area contributed by atoms with Gasteiger partial charge in [0.1, 0.15) is 0 Å². The van der Waals surface area contributed by atoms with Crippen molar-refractivity contribution in [3.63, 3.8) is 0 Å². The van der Waals surface area contributed by atoms with Crippen molar-refractivity contribution < 1.29 is 9.53 Å². The number of carbonyl (C=O) groups is 1. The van der Waals surface area contributed by atoms with Gasteiger partial charge in [0.25, 0.3) is 0 Å². The molecule has 0 radical (unpaired) electrons. The molecule has 0 saturated carbocycles. The third kappa shape index (κ3) is 5.24. The molecule has 0 spiro atoms. The Kier molecular flexibility index (Phi) is 7.09. The van der Waals surface area contributed by atoms with Crippen molar-refractivity contribution in [2.45, 2.75) is 43.6 Å². The molecule has 4 rings (SSSR count). The SMILES string of the molecule is CC(NC(=O)CSc1nnc(-c2cccs2)n1CC1CCCO1)c1ccc(Cl)cc1. The molecule has 3 aromatic rings. The predicted molar refractivity (Wildman–Crippen MR) is 121 cm³/mol. The quantitative estimate of drug-likeness (QED) is 0.486. The molecular formula is C21H23ClN4O2S2. The molecule has 1 N–H and O–H groups in total. The molecular weight excluding hydrogens is 440 g/mol. The normalized spacial score (nSPS) is 17.2. The Morgan fingerprint density at radius 2 is 2.20 bits per heavy atom. The van der Waals surface area contributed by atoms with Crippen molar-refractivity contribution in [1.29, 1.82) is 0 Å². The van der Waals surface area contributed by atoms with Crippen LogP contribution in [0.4, 0.5) is 0 Å². The van der Waals surface area contributed by atoms with Crippen LogP contribution in [0.1, 0.15) is 31.4 Å². The fraction of sp³-hybridized carbons (Fsp3) is 0.381. The number of hydrogen-bond donors (Lipinski definition) is 1. The lowest BCUT2D eigenvalue weighted by atomic mass is 10.1. The highest BCUT2D eigenvalue weighted by atomic mass is 35.5. The minimum atomic E-state index is -0.0956. The van der Waals surface area contributed by atoms with Gasteiger partial charge in [0.2, 0.25) is 5.91 Å². The van der Waals surface area contributed by atoms with Crippen LogP contribution in [0.25, 0.3) is 10.7 Å². The van der Waals surface area contributed by atoms with Crippen molar-refractivity contribution in [2.24, 2.45) is 0 Å². The maximum Gasteiger partial charge on any atom is 0.230 e. The molecule has 2 aromatic heterocycles. The second-order valence-electron chi connectivity index (χ2n) is 7.16. The molecule has 158 valence electrons. The zero-order valence-corrected chi connectivity index (χ0v) is 19.0. The number of ether oxygens (including phenoxy) is 1. The van der Waals surface area contributed by atoms with Gasteiger partial charge in [-0.2, -0.15) is 0 Å². The highest BCUT2D eigenvalue weighted by Crippen LogP contribution is 2.29. The number of nitrogens with zero attached hydrogens (tertiary/aromatic N) is 3. The predicted octanol–water partition coefficient (Wildman–Crippen LogP) is 4.81.